The molecule has 1 aliphatic rings. The monoisotopic (exact) mass is 159 g/mol. The molecule has 4 nitrogen and oxygen atoms in total. The predicted molar refractivity (Wildman–Crippen MR) is 39.2 cm³/mol. The van der Waals surface area contributed by atoms with E-state index in [0.29, 0.717) is 6.42 Å². The molecule has 0 aromatic rings. The smallest absolute Gasteiger partial charge is 0.320 e. The van der Waals surface area contributed by atoms with E-state index in [0.717, 1.165) is 19.4 Å². The zero-order valence-corrected chi connectivity index (χ0v) is 6.32. The van der Waals surface area contributed by atoms with Crippen LogP contribution in [0.3, 0.4) is 0 Å². The highest BCUT2D eigenvalue weighted by Crippen LogP contribution is 2.16. The lowest BCUT2D eigenvalue weighted by atomic mass is 10.1. The fraction of sp³-hybridized carbons (Fsp3) is 0.857. The third-order valence-corrected chi connectivity index (χ3v) is 1.86. The van der Waals surface area contributed by atoms with Crippen LogP contribution in [-0.4, -0.2) is 29.8 Å². The SMILES string of the molecule is N[C@@H](CC1CCCO1)C(=O)O. The Hall–Kier alpha value is -0.610. The molecule has 1 aliphatic heterocycles. The van der Waals surface area contributed by atoms with E-state index in [1.54, 1.807) is 0 Å². The fourth-order valence-corrected chi connectivity index (χ4v) is 1.21. The van der Waals surface area contributed by atoms with Gasteiger partial charge in [0.15, 0.2) is 0 Å². The lowest BCUT2D eigenvalue weighted by Crippen LogP contribution is -2.33. The highest BCUT2D eigenvalue weighted by atomic mass is 16.5. The first-order valence-corrected chi connectivity index (χ1v) is 3.80. The summed E-state index contributed by atoms with van der Waals surface area (Å²) in [5.74, 6) is -0.944. The van der Waals surface area contributed by atoms with Gasteiger partial charge in [-0.25, -0.2) is 0 Å². The Morgan fingerprint density at radius 2 is 2.55 bits per heavy atom. The van der Waals surface area contributed by atoms with Gasteiger partial charge in [-0.2, -0.15) is 0 Å². The zero-order chi connectivity index (χ0) is 8.27. The molecule has 0 spiro atoms. The zero-order valence-electron chi connectivity index (χ0n) is 6.32. The molecule has 0 saturated carbocycles. The van der Waals surface area contributed by atoms with Crippen molar-refractivity contribution in [2.75, 3.05) is 6.61 Å². The number of nitrogens with two attached hydrogens (primary N) is 1. The van der Waals surface area contributed by atoms with E-state index in [4.69, 9.17) is 15.6 Å². The molecule has 64 valence electrons. The minimum absolute atomic E-state index is 0.0705. The van der Waals surface area contributed by atoms with Gasteiger partial charge in [-0.1, -0.05) is 0 Å². The highest BCUT2D eigenvalue weighted by Gasteiger charge is 2.21. The van der Waals surface area contributed by atoms with Gasteiger partial charge in [0.05, 0.1) is 6.10 Å². The lowest BCUT2D eigenvalue weighted by Gasteiger charge is -2.11. The Kier molecular flexibility index (Phi) is 2.84. The highest BCUT2D eigenvalue weighted by molar-refractivity contribution is 5.73. The normalized spacial score (nSPS) is 26.8. The molecule has 0 aliphatic carbocycles. The Morgan fingerprint density at radius 1 is 1.82 bits per heavy atom. The van der Waals surface area contributed by atoms with Gasteiger partial charge in [0.25, 0.3) is 0 Å². The minimum atomic E-state index is -0.944. The van der Waals surface area contributed by atoms with Crippen molar-refractivity contribution in [2.24, 2.45) is 5.73 Å². The van der Waals surface area contributed by atoms with Crippen molar-refractivity contribution in [3.8, 4) is 0 Å². The number of carboxylic acid groups (broad SMARTS) is 1. The molecule has 1 heterocycles. The predicted octanol–water partition coefficient (Wildman–Crippen LogP) is -0.0326. The summed E-state index contributed by atoms with van der Waals surface area (Å²) < 4.78 is 5.23. The molecule has 0 aromatic heterocycles. The van der Waals surface area contributed by atoms with Crippen molar-refractivity contribution < 1.29 is 14.6 Å². The number of carbonyl (C=O) groups is 1. The lowest BCUT2D eigenvalue weighted by molar-refractivity contribution is -0.139. The molecular weight excluding hydrogens is 146 g/mol. The van der Waals surface area contributed by atoms with Crippen LogP contribution in [0.5, 0.6) is 0 Å². The van der Waals surface area contributed by atoms with Crippen molar-refractivity contribution in [3.05, 3.63) is 0 Å². The van der Waals surface area contributed by atoms with Gasteiger partial charge in [0.2, 0.25) is 0 Å². The Morgan fingerprint density at radius 3 is 3.00 bits per heavy atom. The van der Waals surface area contributed by atoms with Crippen molar-refractivity contribution in [2.45, 2.75) is 31.4 Å². The maximum absolute atomic E-state index is 10.3. The van der Waals surface area contributed by atoms with Crippen LogP contribution >= 0.6 is 0 Å². The summed E-state index contributed by atoms with van der Waals surface area (Å²) in [6.45, 7) is 0.747. The summed E-state index contributed by atoms with van der Waals surface area (Å²) in [6, 6.07) is -0.766. The topological polar surface area (TPSA) is 72.5 Å². The number of ether oxygens (including phenoxy) is 1. The van der Waals surface area contributed by atoms with Gasteiger partial charge in [-0.3, -0.25) is 4.79 Å². The van der Waals surface area contributed by atoms with Crippen LogP contribution in [0.2, 0.25) is 0 Å². The van der Waals surface area contributed by atoms with Crippen molar-refractivity contribution >= 4 is 5.97 Å². The van der Waals surface area contributed by atoms with E-state index in [1.165, 1.54) is 0 Å². The first-order valence-electron chi connectivity index (χ1n) is 3.80. The number of aliphatic carboxylic acids is 1. The summed E-state index contributed by atoms with van der Waals surface area (Å²) in [7, 11) is 0. The maximum Gasteiger partial charge on any atom is 0.320 e. The Balaban J connectivity index is 2.23. The third-order valence-electron chi connectivity index (χ3n) is 1.86. The molecule has 3 N–H and O–H groups in total. The number of carboxylic acids is 1. The second-order valence-corrected chi connectivity index (χ2v) is 2.82. The van der Waals surface area contributed by atoms with E-state index in [-0.39, 0.29) is 6.10 Å². The van der Waals surface area contributed by atoms with Crippen LogP contribution in [0.4, 0.5) is 0 Å². The summed E-state index contributed by atoms with van der Waals surface area (Å²) >= 11 is 0. The Labute approximate surface area is 65.3 Å². The van der Waals surface area contributed by atoms with Gasteiger partial charge < -0.3 is 15.6 Å². The average Bonchev–Trinajstić information content (AvgIpc) is 2.39. The van der Waals surface area contributed by atoms with E-state index in [2.05, 4.69) is 0 Å². The summed E-state index contributed by atoms with van der Waals surface area (Å²) in [6.07, 6.45) is 2.48. The second kappa shape index (κ2) is 3.69. The largest absolute Gasteiger partial charge is 0.480 e. The number of rotatable bonds is 3. The summed E-state index contributed by atoms with van der Waals surface area (Å²) in [5.41, 5.74) is 5.32. The van der Waals surface area contributed by atoms with Gasteiger partial charge in [-0.05, 0) is 19.3 Å². The van der Waals surface area contributed by atoms with Gasteiger partial charge in [-0.15, -0.1) is 0 Å². The molecule has 1 saturated heterocycles. The molecule has 1 unspecified atom stereocenters. The average molecular weight is 159 g/mol. The molecule has 2 atom stereocenters. The Bertz CT molecular complexity index is 143. The molecule has 1 rings (SSSR count). The van der Waals surface area contributed by atoms with E-state index in [1.807, 2.05) is 0 Å². The molecule has 4 heteroatoms. The van der Waals surface area contributed by atoms with Crippen LogP contribution in [0.1, 0.15) is 19.3 Å². The van der Waals surface area contributed by atoms with E-state index >= 15 is 0 Å². The van der Waals surface area contributed by atoms with E-state index in [9.17, 15) is 4.79 Å². The quantitative estimate of drug-likeness (QED) is 0.606. The summed E-state index contributed by atoms with van der Waals surface area (Å²) in [4.78, 5) is 10.3. The van der Waals surface area contributed by atoms with Crippen LogP contribution < -0.4 is 5.73 Å². The molecule has 0 amide bonds. The molecule has 11 heavy (non-hydrogen) atoms. The van der Waals surface area contributed by atoms with Crippen LogP contribution in [0, 0.1) is 0 Å². The minimum Gasteiger partial charge on any atom is -0.480 e. The van der Waals surface area contributed by atoms with Gasteiger partial charge >= 0.3 is 5.97 Å². The van der Waals surface area contributed by atoms with Crippen LogP contribution in [-0.2, 0) is 9.53 Å². The van der Waals surface area contributed by atoms with Crippen LogP contribution in [0.25, 0.3) is 0 Å². The van der Waals surface area contributed by atoms with Crippen LogP contribution in [0.15, 0.2) is 0 Å². The standard InChI is InChI=1S/C7H13NO3/c8-6(7(9)10)4-5-2-1-3-11-5/h5-6H,1-4,8H2,(H,9,10)/t5?,6-/m0/s1. The van der Waals surface area contributed by atoms with Crippen molar-refractivity contribution in [1.29, 1.82) is 0 Å². The molecule has 0 radical (unpaired) electrons. The molecule has 0 bridgehead atoms. The van der Waals surface area contributed by atoms with Crippen molar-refractivity contribution in [1.82, 2.24) is 0 Å². The summed E-state index contributed by atoms with van der Waals surface area (Å²) in [5, 5.41) is 8.46. The first kappa shape index (κ1) is 8.49. The van der Waals surface area contributed by atoms with Gasteiger partial charge in [0, 0.05) is 6.61 Å². The molecule has 1 fully saturated rings. The second-order valence-electron chi connectivity index (χ2n) is 2.82. The fourth-order valence-electron chi connectivity index (χ4n) is 1.21. The van der Waals surface area contributed by atoms with Gasteiger partial charge in [0.1, 0.15) is 6.04 Å². The maximum atomic E-state index is 10.3. The molecule has 0 aromatic carbocycles. The van der Waals surface area contributed by atoms with Crippen molar-refractivity contribution in [3.63, 3.8) is 0 Å². The number of hydrogen-bond acceptors (Lipinski definition) is 3. The first-order chi connectivity index (χ1) is 5.20. The van der Waals surface area contributed by atoms with E-state index < -0.39 is 12.0 Å². The number of hydrogen-bond donors (Lipinski definition) is 2. The third kappa shape index (κ3) is 2.48. The molecular formula is C7H13NO3.